The van der Waals surface area contributed by atoms with Crippen molar-refractivity contribution < 1.29 is 23.2 Å². The maximum absolute atomic E-state index is 13.8. The van der Waals surface area contributed by atoms with Crippen LogP contribution < -0.4 is 0 Å². The Morgan fingerprint density at radius 3 is 2.13 bits per heavy atom. The Morgan fingerprint density at radius 1 is 1.00 bits per heavy atom. The van der Waals surface area contributed by atoms with E-state index in [1.165, 1.54) is 4.90 Å². The third kappa shape index (κ3) is 8.50. The highest BCUT2D eigenvalue weighted by atomic mass is 28.4. The molecule has 0 spiro atoms. The number of hydrogen-bond acceptors (Lipinski definition) is 5. The minimum Gasteiger partial charge on any atom is -0.447 e. The van der Waals surface area contributed by atoms with Gasteiger partial charge in [0.1, 0.15) is 6.61 Å². The monoisotopic (exact) mass is 563 g/mol. The zero-order chi connectivity index (χ0) is 28.9. The van der Waals surface area contributed by atoms with E-state index in [9.17, 15) is 9.59 Å². The SMILES string of the molecule is C[C@@H](C(=O)N1C(=O)OC[C@@H]1Cc1ccccc1)[C@@H](CCCCO[Si](C)(C)C(C)(C)C)O[Si](C)(C)C(C)(C)C. The molecule has 0 unspecified atom stereocenters. The van der Waals surface area contributed by atoms with Crippen LogP contribution in [0.1, 0.15) is 73.3 Å². The van der Waals surface area contributed by atoms with E-state index in [2.05, 4.69) is 67.7 Å². The number of benzene rings is 1. The molecule has 216 valence electrons. The normalized spacial score (nSPS) is 18.9. The van der Waals surface area contributed by atoms with E-state index in [0.717, 1.165) is 31.4 Å². The van der Waals surface area contributed by atoms with Crippen LogP contribution in [0.15, 0.2) is 30.3 Å². The number of carbonyl (C=O) groups is 2. The van der Waals surface area contributed by atoms with Crippen molar-refractivity contribution in [1.29, 1.82) is 0 Å². The van der Waals surface area contributed by atoms with E-state index < -0.39 is 28.6 Å². The molecule has 1 aromatic carbocycles. The molecule has 0 N–H and O–H groups in total. The highest BCUT2D eigenvalue weighted by Crippen LogP contribution is 2.39. The fourth-order valence-electron chi connectivity index (χ4n) is 4.10. The number of rotatable bonds is 12. The van der Waals surface area contributed by atoms with Gasteiger partial charge in [0.05, 0.1) is 18.1 Å². The minimum absolute atomic E-state index is 0.0158. The van der Waals surface area contributed by atoms with Crippen molar-refractivity contribution in [3.05, 3.63) is 35.9 Å². The topological polar surface area (TPSA) is 65.1 Å². The Hall–Kier alpha value is -1.49. The van der Waals surface area contributed by atoms with Gasteiger partial charge in [-0.25, -0.2) is 9.69 Å². The van der Waals surface area contributed by atoms with Crippen LogP contribution in [-0.2, 0) is 24.8 Å². The number of carbonyl (C=O) groups excluding carboxylic acids is 2. The summed E-state index contributed by atoms with van der Waals surface area (Å²) in [6.45, 7) is 25.3. The second-order valence-electron chi connectivity index (χ2n) is 13.9. The van der Waals surface area contributed by atoms with Crippen LogP contribution in [0.2, 0.25) is 36.3 Å². The van der Waals surface area contributed by atoms with Gasteiger partial charge in [-0.1, -0.05) is 78.8 Å². The molecule has 1 aliphatic rings. The molecule has 0 aromatic heterocycles. The van der Waals surface area contributed by atoms with E-state index in [4.69, 9.17) is 13.6 Å². The highest BCUT2D eigenvalue weighted by molar-refractivity contribution is 6.74. The Labute approximate surface area is 234 Å². The maximum atomic E-state index is 13.8. The number of unbranched alkanes of at least 4 members (excludes halogenated alkanes) is 1. The predicted molar refractivity (Wildman–Crippen MR) is 160 cm³/mol. The lowest BCUT2D eigenvalue weighted by Gasteiger charge is -2.41. The van der Waals surface area contributed by atoms with Gasteiger partial charge in [0.15, 0.2) is 16.6 Å². The largest absolute Gasteiger partial charge is 0.447 e. The van der Waals surface area contributed by atoms with Gasteiger partial charge >= 0.3 is 6.09 Å². The number of imide groups is 1. The molecule has 1 aromatic rings. The molecule has 0 radical (unpaired) electrons. The smallest absolute Gasteiger partial charge is 0.416 e. The number of nitrogens with zero attached hydrogens (tertiary/aromatic N) is 1. The Bertz CT molecular complexity index is 921. The summed E-state index contributed by atoms with van der Waals surface area (Å²) in [4.78, 5) is 27.9. The standard InChI is InChI=1S/C30H53NO5Si2/c1-23(27(32)31-25(22-34-28(31)33)21-24-17-13-12-14-18-24)26(36-38(10,11)30(5,6)7)19-15-16-20-35-37(8,9)29(2,3)4/h12-14,17-18,23,25-26H,15-16,19-22H2,1-11H3/t23-,25+,26-/m1/s1. The first kappa shape index (κ1) is 32.7. The Morgan fingerprint density at radius 2 is 1.58 bits per heavy atom. The van der Waals surface area contributed by atoms with Crippen LogP contribution in [0.25, 0.3) is 0 Å². The molecule has 0 saturated carbocycles. The van der Waals surface area contributed by atoms with Crippen LogP contribution >= 0.6 is 0 Å². The van der Waals surface area contributed by atoms with Gasteiger partial charge in [-0.3, -0.25) is 4.79 Å². The Balaban J connectivity index is 2.14. The van der Waals surface area contributed by atoms with Gasteiger partial charge in [-0.15, -0.1) is 0 Å². The first-order valence-corrected chi connectivity index (χ1v) is 20.0. The number of ether oxygens (including phenoxy) is 1. The number of cyclic esters (lactones) is 1. The summed E-state index contributed by atoms with van der Waals surface area (Å²) in [5.74, 6) is -0.649. The Kier molecular flexibility index (Phi) is 11.0. The van der Waals surface area contributed by atoms with Crippen molar-refractivity contribution in [2.75, 3.05) is 13.2 Å². The van der Waals surface area contributed by atoms with Crippen LogP contribution in [0.4, 0.5) is 4.79 Å². The summed E-state index contributed by atoms with van der Waals surface area (Å²) in [6.07, 6.45) is 2.37. The molecule has 1 aliphatic heterocycles. The van der Waals surface area contributed by atoms with Crippen molar-refractivity contribution >= 4 is 28.6 Å². The summed E-state index contributed by atoms with van der Waals surface area (Å²) in [5, 5.41) is 0.199. The molecule has 2 rings (SSSR count). The predicted octanol–water partition coefficient (Wildman–Crippen LogP) is 7.80. The lowest BCUT2D eigenvalue weighted by Crippen LogP contribution is -2.50. The fraction of sp³-hybridized carbons (Fsp3) is 0.733. The first-order chi connectivity index (χ1) is 17.4. The van der Waals surface area contributed by atoms with E-state index in [1.54, 1.807) is 0 Å². The second kappa shape index (κ2) is 12.8. The van der Waals surface area contributed by atoms with E-state index in [-0.39, 0.29) is 34.7 Å². The van der Waals surface area contributed by atoms with Crippen molar-refractivity contribution in [2.24, 2.45) is 5.92 Å². The van der Waals surface area contributed by atoms with E-state index in [0.29, 0.717) is 6.42 Å². The number of amides is 2. The van der Waals surface area contributed by atoms with E-state index in [1.807, 2.05) is 37.3 Å². The molecule has 8 heteroatoms. The molecule has 1 saturated heterocycles. The van der Waals surface area contributed by atoms with Gasteiger partial charge in [-0.05, 0) is 67.5 Å². The van der Waals surface area contributed by atoms with Crippen LogP contribution in [0.5, 0.6) is 0 Å². The average molecular weight is 564 g/mol. The van der Waals surface area contributed by atoms with Crippen molar-refractivity contribution in [1.82, 2.24) is 4.90 Å². The molecular formula is C30H53NO5Si2. The quantitative estimate of drug-likeness (QED) is 0.192. The lowest BCUT2D eigenvalue weighted by atomic mass is 9.97. The number of hydrogen-bond donors (Lipinski definition) is 0. The molecule has 0 bridgehead atoms. The van der Waals surface area contributed by atoms with Crippen molar-refractivity contribution in [2.45, 2.75) is 123 Å². The zero-order valence-electron chi connectivity index (χ0n) is 25.8. The van der Waals surface area contributed by atoms with E-state index >= 15 is 0 Å². The first-order valence-electron chi connectivity index (χ1n) is 14.2. The third-order valence-corrected chi connectivity index (χ3v) is 17.9. The molecular weight excluding hydrogens is 511 g/mol. The van der Waals surface area contributed by atoms with Gasteiger partial charge in [0.25, 0.3) is 0 Å². The average Bonchev–Trinajstić information content (AvgIpc) is 3.15. The second-order valence-corrected chi connectivity index (χ2v) is 23.5. The molecule has 1 fully saturated rings. The van der Waals surface area contributed by atoms with Crippen LogP contribution in [0.3, 0.4) is 0 Å². The lowest BCUT2D eigenvalue weighted by molar-refractivity contribution is -0.136. The summed E-state index contributed by atoms with van der Waals surface area (Å²) in [7, 11) is -3.93. The van der Waals surface area contributed by atoms with Gasteiger partial charge in [-0.2, -0.15) is 0 Å². The maximum Gasteiger partial charge on any atom is 0.416 e. The van der Waals surface area contributed by atoms with Crippen molar-refractivity contribution in [3.63, 3.8) is 0 Å². The molecule has 2 amide bonds. The molecule has 38 heavy (non-hydrogen) atoms. The summed E-state index contributed by atoms with van der Waals surface area (Å²) >= 11 is 0. The van der Waals surface area contributed by atoms with Crippen molar-refractivity contribution in [3.8, 4) is 0 Å². The summed E-state index contributed by atoms with van der Waals surface area (Å²) in [6, 6.07) is 9.64. The summed E-state index contributed by atoms with van der Waals surface area (Å²) < 4.78 is 18.6. The van der Waals surface area contributed by atoms with Gasteiger partial charge in [0, 0.05) is 6.61 Å². The van der Waals surface area contributed by atoms with Crippen LogP contribution in [-0.4, -0.2) is 58.9 Å². The molecule has 6 nitrogen and oxygen atoms in total. The highest BCUT2D eigenvalue weighted by Gasteiger charge is 2.45. The zero-order valence-corrected chi connectivity index (χ0v) is 27.8. The third-order valence-electron chi connectivity index (χ3n) is 8.86. The fourth-order valence-corrected chi connectivity index (χ4v) is 6.62. The molecule has 1 heterocycles. The molecule has 3 atom stereocenters. The molecule has 0 aliphatic carbocycles. The minimum atomic E-state index is -2.15. The van der Waals surface area contributed by atoms with Gasteiger partial charge in [0.2, 0.25) is 5.91 Å². The van der Waals surface area contributed by atoms with Gasteiger partial charge < -0.3 is 13.6 Å². The summed E-state index contributed by atoms with van der Waals surface area (Å²) in [5.41, 5.74) is 1.08. The van der Waals surface area contributed by atoms with Crippen LogP contribution in [0, 0.1) is 5.92 Å².